The van der Waals surface area contributed by atoms with Crippen molar-refractivity contribution in [2.24, 2.45) is 0 Å². The van der Waals surface area contributed by atoms with Crippen molar-refractivity contribution in [1.82, 2.24) is 10.2 Å². The normalized spacial score (nSPS) is 14.1. The quantitative estimate of drug-likeness (QED) is 0.834. The summed E-state index contributed by atoms with van der Waals surface area (Å²) in [6.45, 7) is 2.66. The van der Waals surface area contributed by atoms with E-state index in [0.29, 0.717) is 37.7 Å². The number of carbonyl (C=O) groups excluding carboxylic acids is 1. The van der Waals surface area contributed by atoms with Crippen LogP contribution in [0.1, 0.15) is 0 Å². The SMILES string of the molecule is COc1ccccc1OCNC(=O)N1CCN(c2ccc(F)cc2)CC1. The van der Waals surface area contributed by atoms with Crippen molar-refractivity contribution in [2.75, 3.05) is 44.9 Å². The largest absolute Gasteiger partial charge is 0.493 e. The van der Waals surface area contributed by atoms with E-state index in [-0.39, 0.29) is 18.6 Å². The molecule has 1 fully saturated rings. The van der Waals surface area contributed by atoms with Gasteiger partial charge in [-0.2, -0.15) is 0 Å². The van der Waals surface area contributed by atoms with E-state index in [4.69, 9.17) is 9.47 Å². The number of hydrogen-bond donors (Lipinski definition) is 1. The van der Waals surface area contributed by atoms with Crippen LogP contribution in [-0.2, 0) is 0 Å². The van der Waals surface area contributed by atoms with Gasteiger partial charge in [-0.3, -0.25) is 0 Å². The van der Waals surface area contributed by atoms with Crippen LogP contribution in [0.3, 0.4) is 0 Å². The Balaban J connectivity index is 1.44. The zero-order valence-corrected chi connectivity index (χ0v) is 14.7. The fourth-order valence-electron chi connectivity index (χ4n) is 2.85. The summed E-state index contributed by atoms with van der Waals surface area (Å²) in [5, 5.41) is 2.76. The van der Waals surface area contributed by atoms with Crippen LogP contribution in [0.25, 0.3) is 0 Å². The van der Waals surface area contributed by atoms with Gasteiger partial charge in [-0.05, 0) is 36.4 Å². The van der Waals surface area contributed by atoms with Crippen LogP contribution in [0.5, 0.6) is 11.5 Å². The van der Waals surface area contributed by atoms with Gasteiger partial charge in [0, 0.05) is 31.9 Å². The maximum Gasteiger partial charge on any atom is 0.320 e. The minimum atomic E-state index is -0.248. The summed E-state index contributed by atoms with van der Waals surface area (Å²) in [6.07, 6.45) is 0. The maximum atomic E-state index is 13.0. The number of carbonyl (C=O) groups is 1. The maximum absolute atomic E-state index is 13.0. The van der Waals surface area contributed by atoms with E-state index in [1.165, 1.54) is 12.1 Å². The van der Waals surface area contributed by atoms with Crippen molar-refractivity contribution >= 4 is 11.7 Å². The number of piperazine rings is 1. The third-order valence-corrected chi connectivity index (χ3v) is 4.28. The van der Waals surface area contributed by atoms with Crippen LogP contribution >= 0.6 is 0 Å². The smallest absolute Gasteiger partial charge is 0.320 e. The molecule has 0 saturated carbocycles. The van der Waals surface area contributed by atoms with Gasteiger partial charge in [0.15, 0.2) is 18.2 Å². The molecular weight excluding hydrogens is 337 g/mol. The predicted octanol–water partition coefficient (Wildman–Crippen LogP) is 2.70. The lowest BCUT2D eigenvalue weighted by molar-refractivity contribution is 0.180. The van der Waals surface area contributed by atoms with E-state index < -0.39 is 0 Å². The molecule has 1 heterocycles. The molecule has 2 aromatic carbocycles. The van der Waals surface area contributed by atoms with Crippen LogP contribution in [0.4, 0.5) is 14.9 Å². The minimum Gasteiger partial charge on any atom is -0.493 e. The molecule has 0 atom stereocenters. The Morgan fingerprint density at radius 1 is 1.04 bits per heavy atom. The number of ether oxygens (including phenoxy) is 2. The number of para-hydroxylation sites is 2. The number of amides is 2. The van der Waals surface area contributed by atoms with E-state index in [1.807, 2.05) is 12.1 Å². The van der Waals surface area contributed by atoms with Gasteiger partial charge >= 0.3 is 6.03 Å². The van der Waals surface area contributed by atoms with E-state index in [2.05, 4.69) is 10.2 Å². The van der Waals surface area contributed by atoms with Gasteiger partial charge in [0.05, 0.1) is 7.11 Å². The third kappa shape index (κ3) is 4.36. The van der Waals surface area contributed by atoms with Crippen molar-refractivity contribution in [1.29, 1.82) is 0 Å². The number of hydrogen-bond acceptors (Lipinski definition) is 4. The Hall–Kier alpha value is -2.96. The highest BCUT2D eigenvalue weighted by Gasteiger charge is 2.21. The van der Waals surface area contributed by atoms with Gasteiger partial charge in [0.25, 0.3) is 0 Å². The summed E-state index contributed by atoms with van der Waals surface area (Å²) in [5.41, 5.74) is 0.964. The Labute approximate surface area is 152 Å². The fraction of sp³-hybridized carbons (Fsp3) is 0.316. The lowest BCUT2D eigenvalue weighted by Crippen LogP contribution is -2.52. The molecule has 0 aliphatic carbocycles. The second-order valence-electron chi connectivity index (χ2n) is 5.87. The highest BCUT2D eigenvalue weighted by Crippen LogP contribution is 2.25. The summed E-state index contributed by atoms with van der Waals surface area (Å²) in [4.78, 5) is 16.1. The Morgan fingerprint density at radius 2 is 1.69 bits per heavy atom. The van der Waals surface area contributed by atoms with Crippen LogP contribution in [0.15, 0.2) is 48.5 Å². The molecule has 1 N–H and O–H groups in total. The van der Waals surface area contributed by atoms with Crippen LogP contribution in [-0.4, -0.2) is 51.0 Å². The first-order valence-corrected chi connectivity index (χ1v) is 8.46. The molecule has 2 aromatic rings. The lowest BCUT2D eigenvalue weighted by atomic mass is 10.2. The van der Waals surface area contributed by atoms with Gasteiger partial charge in [0.1, 0.15) is 5.82 Å². The van der Waals surface area contributed by atoms with Gasteiger partial charge < -0.3 is 24.6 Å². The van der Waals surface area contributed by atoms with Crippen molar-refractivity contribution in [3.05, 3.63) is 54.3 Å². The highest BCUT2D eigenvalue weighted by molar-refractivity contribution is 5.74. The molecule has 3 rings (SSSR count). The first-order valence-electron chi connectivity index (χ1n) is 8.46. The number of nitrogens with one attached hydrogen (secondary N) is 1. The molecule has 138 valence electrons. The molecule has 0 bridgehead atoms. The van der Waals surface area contributed by atoms with Gasteiger partial charge in [0.2, 0.25) is 0 Å². The molecule has 0 unspecified atom stereocenters. The number of benzene rings is 2. The monoisotopic (exact) mass is 359 g/mol. The summed E-state index contributed by atoms with van der Waals surface area (Å²) in [7, 11) is 1.57. The number of methoxy groups -OCH3 is 1. The second kappa shape index (κ2) is 8.42. The molecule has 6 nitrogen and oxygen atoms in total. The molecule has 26 heavy (non-hydrogen) atoms. The van der Waals surface area contributed by atoms with E-state index in [9.17, 15) is 9.18 Å². The van der Waals surface area contributed by atoms with Crippen LogP contribution < -0.4 is 19.7 Å². The van der Waals surface area contributed by atoms with E-state index >= 15 is 0 Å². The molecule has 1 aliphatic heterocycles. The average molecular weight is 359 g/mol. The summed E-state index contributed by atoms with van der Waals surface area (Å²) < 4.78 is 23.8. The summed E-state index contributed by atoms with van der Waals surface area (Å²) in [6, 6.07) is 13.5. The fourth-order valence-corrected chi connectivity index (χ4v) is 2.85. The van der Waals surface area contributed by atoms with Gasteiger partial charge in [-0.1, -0.05) is 12.1 Å². The van der Waals surface area contributed by atoms with Crippen LogP contribution in [0, 0.1) is 5.82 Å². The Kier molecular flexibility index (Phi) is 5.78. The van der Waals surface area contributed by atoms with E-state index in [0.717, 1.165) is 5.69 Å². The van der Waals surface area contributed by atoms with Crippen molar-refractivity contribution < 1.29 is 18.7 Å². The number of halogens is 1. The molecule has 2 amide bonds. The topological polar surface area (TPSA) is 54.0 Å². The molecule has 0 spiro atoms. The summed E-state index contributed by atoms with van der Waals surface area (Å²) >= 11 is 0. The van der Waals surface area contributed by atoms with Crippen molar-refractivity contribution in [2.45, 2.75) is 0 Å². The molecule has 1 saturated heterocycles. The average Bonchev–Trinajstić information content (AvgIpc) is 2.69. The number of urea groups is 1. The highest BCUT2D eigenvalue weighted by atomic mass is 19.1. The molecule has 1 aliphatic rings. The lowest BCUT2D eigenvalue weighted by Gasteiger charge is -2.36. The zero-order chi connectivity index (χ0) is 18.4. The van der Waals surface area contributed by atoms with E-state index in [1.54, 1.807) is 36.3 Å². The number of rotatable bonds is 5. The number of nitrogens with zero attached hydrogens (tertiary/aromatic N) is 2. The molecule has 7 heteroatoms. The zero-order valence-electron chi connectivity index (χ0n) is 14.7. The standard InChI is InChI=1S/C19H22FN3O3/c1-25-17-4-2-3-5-18(17)26-14-21-19(24)23-12-10-22(11-13-23)16-8-6-15(20)7-9-16/h2-9H,10-14H2,1H3,(H,21,24). The first kappa shape index (κ1) is 17.8. The Bertz CT molecular complexity index is 731. The van der Waals surface area contributed by atoms with Crippen molar-refractivity contribution in [3.63, 3.8) is 0 Å². The number of anilines is 1. The minimum absolute atomic E-state index is 0.0668. The first-order chi connectivity index (χ1) is 12.7. The van der Waals surface area contributed by atoms with Crippen LogP contribution in [0.2, 0.25) is 0 Å². The molecular formula is C19H22FN3O3. The summed E-state index contributed by atoms with van der Waals surface area (Å²) in [5.74, 6) is 0.952. The Morgan fingerprint density at radius 3 is 2.35 bits per heavy atom. The second-order valence-corrected chi connectivity index (χ2v) is 5.87. The van der Waals surface area contributed by atoms with Gasteiger partial charge in [-0.25, -0.2) is 9.18 Å². The third-order valence-electron chi connectivity index (χ3n) is 4.28. The molecule has 0 radical (unpaired) electrons. The van der Waals surface area contributed by atoms with Gasteiger partial charge in [-0.15, -0.1) is 0 Å². The predicted molar refractivity (Wildman–Crippen MR) is 97.2 cm³/mol. The molecule has 0 aromatic heterocycles. The van der Waals surface area contributed by atoms with Crippen molar-refractivity contribution in [3.8, 4) is 11.5 Å².